The first-order chi connectivity index (χ1) is 14.1. The summed E-state index contributed by atoms with van der Waals surface area (Å²) in [7, 11) is 1.67. The summed E-state index contributed by atoms with van der Waals surface area (Å²) in [5, 5.41) is 8.93. The smallest absolute Gasteiger partial charge is 0.223 e. The molecule has 5 heteroatoms. The van der Waals surface area contributed by atoms with Crippen molar-refractivity contribution in [1.82, 2.24) is 9.80 Å². The molecule has 0 unspecified atom stereocenters. The Labute approximate surface area is 172 Å². The second-order valence-electron chi connectivity index (χ2n) is 8.36. The van der Waals surface area contributed by atoms with Crippen molar-refractivity contribution < 1.29 is 9.53 Å². The van der Waals surface area contributed by atoms with E-state index in [9.17, 15) is 4.79 Å². The summed E-state index contributed by atoms with van der Waals surface area (Å²) in [6, 6.07) is 18.0. The molecule has 5 nitrogen and oxygen atoms in total. The fraction of sp³-hybridized carbons (Fsp3) is 0.417. The highest BCUT2D eigenvalue weighted by atomic mass is 16.5. The molecular weight excluding hydrogens is 362 g/mol. The minimum atomic E-state index is 0.122. The number of nitriles is 1. The zero-order valence-corrected chi connectivity index (χ0v) is 16.9. The molecular formula is C24H27N3O2. The first-order valence-electron chi connectivity index (χ1n) is 10.2. The van der Waals surface area contributed by atoms with Gasteiger partial charge >= 0.3 is 0 Å². The zero-order valence-electron chi connectivity index (χ0n) is 16.9. The molecule has 0 bridgehead atoms. The van der Waals surface area contributed by atoms with E-state index in [1.807, 2.05) is 47.4 Å². The van der Waals surface area contributed by atoms with Crippen LogP contribution in [0.5, 0.6) is 5.75 Å². The summed E-state index contributed by atoms with van der Waals surface area (Å²) in [6.07, 6.45) is 2.79. The van der Waals surface area contributed by atoms with Gasteiger partial charge in [-0.05, 0) is 66.7 Å². The highest BCUT2D eigenvalue weighted by molar-refractivity contribution is 5.79. The van der Waals surface area contributed by atoms with Gasteiger partial charge in [0.15, 0.2) is 0 Å². The van der Waals surface area contributed by atoms with Crippen LogP contribution in [-0.2, 0) is 17.9 Å². The van der Waals surface area contributed by atoms with Crippen molar-refractivity contribution in [2.24, 2.45) is 5.41 Å². The minimum Gasteiger partial charge on any atom is -0.497 e. The van der Waals surface area contributed by atoms with Gasteiger partial charge in [0.1, 0.15) is 5.75 Å². The van der Waals surface area contributed by atoms with E-state index >= 15 is 0 Å². The number of methoxy groups -OCH3 is 1. The Morgan fingerprint density at radius 3 is 2.52 bits per heavy atom. The highest BCUT2D eigenvalue weighted by Gasteiger charge is 2.44. The lowest BCUT2D eigenvalue weighted by Crippen LogP contribution is -2.41. The summed E-state index contributed by atoms with van der Waals surface area (Å²) in [5.41, 5.74) is 3.18. The standard InChI is InChI=1S/C24H27N3O2/c1-29-22-4-2-3-21(13-22)17-27-18-24(14-23(27)28)9-11-26(12-10-24)16-20-7-5-19(15-25)6-8-20/h2-8,13H,9-12,14,16-18H2,1H3. The van der Waals surface area contributed by atoms with E-state index in [0.29, 0.717) is 18.5 Å². The molecule has 0 N–H and O–H groups in total. The van der Waals surface area contributed by atoms with Crippen molar-refractivity contribution in [2.75, 3.05) is 26.7 Å². The maximum absolute atomic E-state index is 12.7. The molecule has 0 aromatic heterocycles. The molecule has 1 spiro atoms. The molecule has 4 rings (SSSR count). The van der Waals surface area contributed by atoms with Crippen LogP contribution in [0.3, 0.4) is 0 Å². The average Bonchev–Trinajstić information content (AvgIpc) is 3.05. The van der Waals surface area contributed by atoms with Crippen LogP contribution in [0.15, 0.2) is 48.5 Å². The predicted molar refractivity (Wildman–Crippen MR) is 111 cm³/mol. The molecule has 2 heterocycles. The van der Waals surface area contributed by atoms with Crippen LogP contribution in [0.25, 0.3) is 0 Å². The summed E-state index contributed by atoms with van der Waals surface area (Å²) in [4.78, 5) is 17.2. The zero-order chi connectivity index (χ0) is 20.3. The number of carbonyl (C=O) groups is 1. The van der Waals surface area contributed by atoms with Gasteiger partial charge in [-0.15, -0.1) is 0 Å². The number of ether oxygens (including phenoxy) is 1. The van der Waals surface area contributed by atoms with Gasteiger partial charge in [0, 0.05) is 26.1 Å². The lowest BCUT2D eigenvalue weighted by molar-refractivity contribution is -0.128. The van der Waals surface area contributed by atoms with E-state index in [0.717, 1.165) is 50.3 Å². The molecule has 0 aliphatic carbocycles. The lowest BCUT2D eigenvalue weighted by atomic mass is 9.77. The molecule has 0 saturated carbocycles. The fourth-order valence-electron chi connectivity index (χ4n) is 4.58. The SMILES string of the molecule is COc1cccc(CN2CC3(CCN(Cc4ccc(C#N)cc4)CC3)CC2=O)c1. The topological polar surface area (TPSA) is 56.6 Å². The Balaban J connectivity index is 1.33. The number of likely N-dealkylation sites (tertiary alicyclic amines) is 2. The normalized spacial score (nSPS) is 18.8. The third-order valence-electron chi connectivity index (χ3n) is 6.32. The number of carbonyl (C=O) groups excluding carboxylic acids is 1. The van der Waals surface area contributed by atoms with E-state index in [1.54, 1.807) is 7.11 Å². The number of amides is 1. The third-order valence-corrected chi connectivity index (χ3v) is 6.32. The van der Waals surface area contributed by atoms with Gasteiger partial charge in [-0.2, -0.15) is 5.26 Å². The van der Waals surface area contributed by atoms with Crippen molar-refractivity contribution in [3.8, 4) is 11.8 Å². The number of benzene rings is 2. The molecule has 1 amide bonds. The minimum absolute atomic E-state index is 0.122. The van der Waals surface area contributed by atoms with E-state index < -0.39 is 0 Å². The van der Waals surface area contributed by atoms with Crippen LogP contribution in [0.2, 0.25) is 0 Å². The van der Waals surface area contributed by atoms with E-state index in [4.69, 9.17) is 10.00 Å². The van der Waals surface area contributed by atoms with Crippen molar-refractivity contribution in [3.05, 3.63) is 65.2 Å². The van der Waals surface area contributed by atoms with Crippen LogP contribution >= 0.6 is 0 Å². The number of piperidine rings is 1. The van der Waals surface area contributed by atoms with Crippen molar-refractivity contribution in [3.63, 3.8) is 0 Å². The molecule has 150 valence electrons. The number of rotatable bonds is 5. The molecule has 0 radical (unpaired) electrons. The van der Waals surface area contributed by atoms with Crippen LogP contribution < -0.4 is 4.74 Å². The number of hydrogen-bond donors (Lipinski definition) is 0. The highest BCUT2D eigenvalue weighted by Crippen LogP contribution is 2.41. The third kappa shape index (κ3) is 4.44. The van der Waals surface area contributed by atoms with Gasteiger partial charge in [-0.1, -0.05) is 24.3 Å². The van der Waals surface area contributed by atoms with Crippen LogP contribution in [0.4, 0.5) is 0 Å². The summed E-state index contributed by atoms with van der Waals surface area (Å²) >= 11 is 0. The Morgan fingerprint density at radius 1 is 1.07 bits per heavy atom. The lowest BCUT2D eigenvalue weighted by Gasteiger charge is -2.38. The maximum atomic E-state index is 12.7. The van der Waals surface area contributed by atoms with Crippen LogP contribution in [-0.4, -0.2) is 42.5 Å². The van der Waals surface area contributed by atoms with E-state index in [2.05, 4.69) is 17.0 Å². The second-order valence-corrected chi connectivity index (χ2v) is 8.36. The van der Waals surface area contributed by atoms with Crippen LogP contribution in [0.1, 0.15) is 36.0 Å². The van der Waals surface area contributed by atoms with Gasteiger partial charge in [0.2, 0.25) is 5.91 Å². The number of hydrogen-bond acceptors (Lipinski definition) is 4. The monoisotopic (exact) mass is 389 g/mol. The molecule has 2 saturated heterocycles. The second kappa shape index (κ2) is 8.26. The van der Waals surface area contributed by atoms with Gasteiger partial charge in [-0.3, -0.25) is 9.69 Å². The van der Waals surface area contributed by atoms with Crippen molar-refractivity contribution in [1.29, 1.82) is 5.26 Å². The number of nitrogens with zero attached hydrogens (tertiary/aromatic N) is 3. The molecule has 2 aliphatic rings. The summed E-state index contributed by atoms with van der Waals surface area (Å²) in [5.74, 6) is 1.10. The maximum Gasteiger partial charge on any atom is 0.223 e. The molecule has 0 atom stereocenters. The first kappa shape index (κ1) is 19.5. The van der Waals surface area contributed by atoms with Gasteiger partial charge in [0.05, 0.1) is 18.7 Å². The summed E-state index contributed by atoms with van der Waals surface area (Å²) < 4.78 is 5.30. The Bertz CT molecular complexity index is 908. The first-order valence-corrected chi connectivity index (χ1v) is 10.2. The predicted octanol–water partition coefficient (Wildman–Crippen LogP) is 3.58. The molecule has 29 heavy (non-hydrogen) atoms. The van der Waals surface area contributed by atoms with Gasteiger partial charge in [-0.25, -0.2) is 0 Å². The van der Waals surface area contributed by atoms with E-state index in [-0.39, 0.29) is 11.3 Å². The van der Waals surface area contributed by atoms with E-state index in [1.165, 1.54) is 5.56 Å². The van der Waals surface area contributed by atoms with Crippen molar-refractivity contribution in [2.45, 2.75) is 32.4 Å². The van der Waals surface area contributed by atoms with Crippen LogP contribution in [0, 0.1) is 16.7 Å². The summed E-state index contributed by atoms with van der Waals surface area (Å²) in [6.45, 7) is 4.45. The Kier molecular flexibility index (Phi) is 5.55. The molecule has 2 aromatic rings. The molecule has 2 aromatic carbocycles. The van der Waals surface area contributed by atoms with Crippen molar-refractivity contribution >= 4 is 5.91 Å². The molecule has 2 aliphatic heterocycles. The molecule has 2 fully saturated rings. The Morgan fingerprint density at radius 2 is 1.83 bits per heavy atom. The fourth-order valence-corrected chi connectivity index (χ4v) is 4.58. The Hall–Kier alpha value is -2.84. The van der Waals surface area contributed by atoms with Gasteiger partial charge < -0.3 is 9.64 Å². The quantitative estimate of drug-likeness (QED) is 0.784. The average molecular weight is 389 g/mol. The largest absolute Gasteiger partial charge is 0.497 e. The van der Waals surface area contributed by atoms with Gasteiger partial charge in [0.25, 0.3) is 0 Å².